The molecule has 1 heteroatoms. The Balaban J connectivity index is 1.36. The van der Waals surface area contributed by atoms with Crippen molar-refractivity contribution >= 4 is 76.9 Å². The number of fused-ring (bicyclic) bond motifs is 7. The van der Waals surface area contributed by atoms with Gasteiger partial charge in [-0.15, -0.1) is 0 Å². The molecule has 0 spiro atoms. The van der Waals surface area contributed by atoms with Crippen molar-refractivity contribution in [3.05, 3.63) is 146 Å². The van der Waals surface area contributed by atoms with Gasteiger partial charge < -0.3 is 0 Å². The Morgan fingerprint density at radius 3 is 1.49 bits per heavy atom. The van der Waals surface area contributed by atoms with Crippen LogP contribution in [-0.4, -0.2) is 14.5 Å². The van der Waals surface area contributed by atoms with Crippen molar-refractivity contribution in [3.8, 4) is 22.3 Å². The predicted molar refractivity (Wildman–Crippen MR) is 179 cm³/mol. The molecular weight excluding hydrogens is 559 g/mol. The molecule has 9 rings (SSSR count). The van der Waals surface area contributed by atoms with Crippen LogP contribution in [0.25, 0.3) is 84.6 Å². The summed E-state index contributed by atoms with van der Waals surface area (Å²) in [6.45, 7) is 0. The number of hydrogen-bond acceptors (Lipinski definition) is 0. The maximum absolute atomic E-state index is 8.99. The van der Waals surface area contributed by atoms with E-state index in [1.165, 1.54) is 41.5 Å². The zero-order chi connectivity index (χ0) is 28.7. The van der Waals surface area contributed by atoms with Crippen LogP contribution < -0.4 is 0 Å². The van der Waals surface area contributed by atoms with Gasteiger partial charge in [-0.2, -0.15) is 0 Å². The third kappa shape index (κ3) is 3.47. The van der Waals surface area contributed by atoms with Crippen LogP contribution in [-0.2, 0) is 0 Å². The Labute approximate surface area is 246 Å². The van der Waals surface area contributed by atoms with Gasteiger partial charge in [0, 0.05) is 0 Å². The van der Waals surface area contributed by atoms with Crippen LogP contribution in [0.5, 0.6) is 0 Å². The molecule has 1 heterocycles. The molecule has 0 aliphatic carbocycles. The van der Waals surface area contributed by atoms with Gasteiger partial charge in [0.05, 0.1) is 0 Å². The van der Waals surface area contributed by atoms with Crippen LogP contribution in [0, 0.1) is 0 Å². The molecule has 0 bridgehead atoms. The second-order valence-corrected chi connectivity index (χ2v) is 12.9. The van der Waals surface area contributed by atoms with E-state index in [1.54, 1.807) is 0 Å². The molecule has 0 saturated carbocycles. The molecule has 8 aromatic carbocycles. The molecule has 0 unspecified atom stereocenters. The van der Waals surface area contributed by atoms with Gasteiger partial charge in [0.25, 0.3) is 0 Å². The molecule has 0 saturated heterocycles. The van der Waals surface area contributed by atoms with Gasteiger partial charge in [-0.3, -0.25) is 0 Å². The first-order valence-corrected chi connectivity index (χ1v) is 15.7. The Morgan fingerprint density at radius 2 is 0.927 bits per heavy atom. The summed E-state index contributed by atoms with van der Waals surface area (Å²) in [7, 11) is 0. The van der Waals surface area contributed by atoms with Gasteiger partial charge in [-0.05, 0) is 0 Å². The van der Waals surface area contributed by atoms with Gasteiger partial charge in [0.15, 0.2) is 0 Å². The van der Waals surface area contributed by atoms with E-state index in [9.17, 15) is 0 Å². The summed E-state index contributed by atoms with van der Waals surface area (Å²) in [5.74, 6) is 0. The summed E-state index contributed by atoms with van der Waals surface area (Å²) in [5.41, 5.74) is 4.87. The fraction of sp³-hybridized carbons (Fsp3) is 0. The molecule has 41 heavy (non-hydrogen) atoms. The molecule has 0 N–H and O–H groups in total. The van der Waals surface area contributed by atoms with Crippen molar-refractivity contribution in [1.29, 1.82) is 0 Å². The number of benzene rings is 8. The van der Waals surface area contributed by atoms with Gasteiger partial charge in [0.2, 0.25) is 0 Å². The maximum atomic E-state index is 8.99. The summed E-state index contributed by atoms with van der Waals surface area (Å²) in [5, 5.41) is 11.1. The van der Waals surface area contributed by atoms with E-state index in [0.29, 0.717) is 12.1 Å². The van der Waals surface area contributed by atoms with Crippen molar-refractivity contribution in [3.63, 3.8) is 0 Å². The van der Waals surface area contributed by atoms with Crippen molar-refractivity contribution in [2.24, 2.45) is 0 Å². The Kier molecular flexibility index (Phi) is 4.59. The average molecular weight is 586 g/mol. The molecule has 0 amide bonds. The SMILES string of the molecule is [2H]c1c2ccccc2c(-c2ccc3c(c2)[se]c2cccc(-c4c5ccccc5c([2H])c5ccccc45)c23)c2ccccc12. The summed E-state index contributed by atoms with van der Waals surface area (Å²) in [6.07, 6.45) is 0. The number of hydrogen-bond donors (Lipinski definition) is 0. The van der Waals surface area contributed by atoms with Crippen molar-refractivity contribution in [1.82, 2.24) is 0 Å². The fourth-order valence-corrected chi connectivity index (χ4v) is 9.07. The molecular formula is C40H24Se. The van der Waals surface area contributed by atoms with E-state index in [0.717, 1.165) is 43.1 Å². The van der Waals surface area contributed by atoms with E-state index in [2.05, 4.69) is 109 Å². The quantitative estimate of drug-likeness (QED) is 0.140. The first-order chi connectivity index (χ1) is 21.2. The molecule has 9 aromatic rings. The predicted octanol–water partition coefficient (Wildman–Crippen LogP) is 11.0. The summed E-state index contributed by atoms with van der Waals surface area (Å²) in [4.78, 5) is 0. The van der Waals surface area contributed by atoms with Crippen LogP contribution in [0.3, 0.4) is 0 Å². The Hall–Kier alpha value is -4.68. The monoisotopic (exact) mass is 586 g/mol. The van der Waals surface area contributed by atoms with E-state index in [4.69, 9.17) is 2.74 Å². The van der Waals surface area contributed by atoms with Gasteiger partial charge in [-0.1, -0.05) is 0 Å². The molecule has 0 fully saturated rings. The van der Waals surface area contributed by atoms with Crippen molar-refractivity contribution in [2.75, 3.05) is 0 Å². The topological polar surface area (TPSA) is 0 Å². The third-order valence-corrected chi connectivity index (χ3v) is 10.7. The number of rotatable bonds is 2. The second kappa shape index (κ2) is 8.91. The normalized spacial score (nSPS) is 12.6. The van der Waals surface area contributed by atoms with Crippen molar-refractivity contribution < 1.29 is 2.74 Å². The molecule has 1 aromatic heterocycles. The zero-order valence-electron chi connectivity index (χ0n) is 24.1. The molecule has 0 radical (unpaired) electrons. The minimum absolute atomic E-state index is 0.165. The molecule has 0 aliphatic rings. The van der Waals surface area contributed by atoms with Gasteiger partial charge in [-0.25, -0.2) is 0 Å². The second-order valence-electron chi connectivity index (χ2n) is 10.7. The molecule has 0 nitrogen and oxygen atoms in total. The van der Waals surface area contributed by atoms with Crippen LogP contribution in [0.15, 0.2) is 146 Å². The first-order valence-electron chi connectivity index (χ1n) is 14.9. The summed E-state index contributed by atoms with van der Waals surface area (Å²) < 4.78 is 20.7. The van der Waals surface area contributed by atoms with Crippen molar-refractivity contribution in [2.45, 2.75) is 0 Å². The standard InChI is InChI=1S/C40H24Se/c1-5-14-30-25(10-1)22-26-11-2-6-15-31(26)38(30)29-20-21-34-37(24-29)41-36-19-9-18-35(40(34)36)39-32-16-7-3-12-27(32)23-28-13-4-8-17-33(28)39/h1-24H/i22D,23D. The summed E-state index contributed by atoms with van der Waals surface area (Å²) in [6, 6.07) is 48.4. The minimum atomic E-state index is 0.165. The van der Waals surface area contributed by atoms with Crippen LogP contribution in [0.4, 0.5) is 0 Å². The Bertz CT molecular complexity index is 2480. The van der Waals surface area contributed by atoms with E-state index in [1.807, 2.05) is 24.3 Å². The molecule has 0 atom stereocenters. The molecule has 190 valence electrons. The molecule has 0 aliphatic heterocycles. The fourth-order valence-electron chi connectivity index (χ4n) is 6.61. The zero-order valence-corrected chi connectivity index (χ0v) is 23.8. The average Bonchev–Trinajstić information content (AvgIpc) is 3.44. The van der Waals surface area contributed by atoms with Crippen LogP contribution >= 0.6 is 0 Å². The van der Waals surface area contributed by atoms with Gasteiger partial charge in [0.1, 0.15) is 0 Å². The summed E-state index contributed by atoms with van der Waals surface area (Å²) >= 11 is 0.165. The third-order valence-electron chi connectivity index (χ3n) is 8.38. The van der Waals surface area contributed by atoms with E-state index < -0.39 is 0 Å². The van der Waals surface area contributed by atoms with Crippen LogP contribution in [0.1, 0.15) is 2.74 Å². The van der Waals surface area contributed by atoms with E-state index in [-0.39, 0.29) is 14.5 Å². The first kappa shape index (κ1) is 21.1. The van der Waals surface area contributed by atoms with Crippen LogP contribution in [0.2, 0.25) is 0 Å². The Morgan fingerprint density at radius 1 is 0.415 bits per heavy atom. The van der Waals surface area contributed by atoms with E-state index >= 15 is 0 Å². The van der Waals surface area contributed by atoms with Gasteiger partial charge >= 0.3 is 247 Å².